The Morgan fingerprint density at radius 3 is 2.88 bits per heavy atom. The van der Waals surface area contributed by atoms with Gasteiger partial charge >= 0.3 is 0 Å². The molecule has 0 aliphatic carbocycles. The van der Waals surface area contributed by atoms with E-state index in [2.05, 4.69) is 36.6 Å². The molecule has 2 aromatic heterocycles. The first kappa shape index (κ1) is 20.2. The number of anilines is 2. The summed E-state index contributed by atoms with van der Waals surface area (Å²) < 4.78 is 5.60. The van der Waals surface area contributed by atoms with Crippen molar-refractivity contribution in [1.29, 1.82) is 0 Å². The number of pyridine rings is 1. The van der Waals surface area contributed by atoms with Crippen LogP contribution in [0.2, 0.25) is 0 Å². The highest BCUT2D eigenvalue weighted by molar-refractivity contribution is 6.00. The predicted molar refractivity (Wildman–Crippen MR) is 129 cm³/mol. The van der Waals surface area contributed by atoms with Gasteiger partial charge in [-0.05, 0) is 60.5 Å². The molecule has 6 rings (SSSR count). The number of benzene rings is 2. The average molecular weight is 448 g/mol. The van der Waals surface area contributed by atoms with Gasteiger partial charge in [-0.2, -0.15) is 5.11 Å². The quantitative estimate of drug-likeness (QED) is 0.440. The molecule has 2 aliphatic heterocycles. The molecule has 0 bridgehead atoms. The number of aromatic nitrogens is 3. The van der Waals surface area contributed by atoms with E-state index in [1.54, 1.807) is 18.6 Å². The van der Waals surface area contributed by atoms with E-state index in [9.17, 15) is 0 Å². The van der Waals surface area contributed by atoms with Gasteiger partial charge in [-0.1, -0.05) is 12.1 Å². The van der Waals surface area contributed by atoms with E-state index in [4.69, 9.17) is 9.73 Å². The summed E-state index contributed by atoms with van der Waals surface area (Å²) in [6.07, 6.45) is 5.79. The second-order valence-electron chi connectivity index (χ2n) is 8.17. The molecule has 0 radical (unpaired) electrons. The summed E-state index contributed by atoms with van der Waals surface area (Å²) in [5.41, 5.74) is 6.80. The van der Waals surface area contributed by atoms with Gasteiger partial charge in [-0.25, -0.2) is 15.0 Å². The topological polar surface area (TPSA) is 97.0 Å². The smallest absolute Gasteiger partial charge is 0.227 e. The number of hydrogen-bond acceptors (Lipinski definition) is 8. The minimum atomic E-state index is -0.386. The van der Waals surface area contributed by atoms with Crippen molar-refractivity contribution in [2.75, 3.05) is 11.9 Å². The summed E-state index contributed by atoms with van der Waals surface area (Å²) in [6.45, 7) is 2.76. The summed E-state index contributed by atoms with van der Waals surface area (Å²) >= 11 is 0. The lowest BCUT2D eigenvalue weighted by atomic mass is 10.1. The minimum absolute atomic E-state index is 0.386. The average Bonchev–Trinajstić information content (AvgIpc) is 3.56. The van der Waals surface area contributed by atoms with Crippen molar-refractivity contribution in [1.82, 2.24) is 15.0 Å². The monoisotopic (exact) mass is 447 g/mol. The molecule has 0 amide bonds. The Morgan fingerprint density at radius 1 is 1.00 bits per heavy atom. The Hall–Kier alpha value is -4.46. The molecular weight excluding hydrogens is 426 g/mol. The van der Waals surface area contributed by atoms with Gasteiger partial charge in [-0.15, -0.1) is 5.11 Å². The highest BCUT2D eigenvalue weighted by Gasteiger charge is 2.21. The SMILES string of the molecule is Cc1ccc(C2N=NC(c3ccc4c(c3)CCO4)=N2)cc1Nc1nccc(-c2cccnc2)n1. The third-order valence-corrected chi connectivity index (χ3v) is 5.87. The summed E-state index contributed by atoms with van der Waals surface area (Å²) in [5, 5.41) is 12.1. The summed E-state index contributed by atoms with van der Waals surface area (Å²) in [7, 11) is 0. The van der Waals surface area contributed by atoms with Crippen molar-refractivity contribution in [3.05, 3.63) is 95.4 Å². The largest absolute Gasteiger partial charge is 0.493 e. The van der Waals surface area contributed by atoms with Crippen LogP contribution in [0.15, 0.2) is 88.4 Å². The molecule has 2 aliphatic rings. The number of rotatable bonds is 5. The van der Waals surface area contributed by atoms with Crippen molar-refractivity contribution in [2.24, 2.45) is 15.2 Å². The number of nitrogens with one attached hydrogen (secondary N) is 1. The van der Waals surface area contributed by atoms with Crippen LogP contribution in [0.25, 0.3) is 11.3 Å². The van der Waals surface area contributed by atoms with Gasteiger partial charge in [0.1, 0.15) is 5.75 Å². The Kier molecular flexibility index (Phi) is 5.03. The van der Waals surface area contributed by atoms with Crippen LogP contribution in [-0.4, -0.2) is 27.4 Å². The second kappa shape index (κ2) is 8.47. The van der Waals surface area contributed by atoms with E-state index in [0.29, 0.717) is 11.8 Å². The fourth-order valence-electron chi connectivity index (χ4n) is 4.03. The van der Waals surface area contributed by atoms with E-state index >= 15 is 0 Å². The first-order valence-corrected chi connectivity index (χ1v) is 11.1. The van der Waals surface area contributed by atoms with Crippen molar-refractivity contribution in [3.8, 4) is 17.0 Å². The van der Waals surface area contributed by atoms with Gasteiger partial charge in [0.25, 0.3) is 0 Å². The third-order valence-electron chi connectivity index (χ3n) is 5.87. The van der Waals surface area contributed by atoms with Crippen LogP contribution in [0.4, 0.5) is 11.6 Å². The third kappa shape index (κ3) is 3.90. The van der Waals surface area contributed by atoms with Crippen LogP contribution in [0.1, 0.15) is 28.4 Å². The van der Waals surface area contributed by atoms with Crippen LogP contribution in [-0.2, 0) is 6.42 Å². The molecule has 8 nitrogen and oxygen atoms in total. The standard InChI is InChI=1S/C26H21N7O/c1-16-4-5-19(25-31-24(32-33-25)18-6-7-23-17(13-18)9-12-34-23)14-22(16)30-26-28-11-8-21(29-26)20-3-2-10-27-15-20/h2-8,10-11,13-15,25H,9,12H2,1H3,(H,28,29,30). The molecule has 0 saturated carbocycles. The zero-order chi connectivity index (χ0) is 22.9. The van der Waals surface area contributed by atoms with E-state index in [1.165, 1.54) is 5.56 Å². The number of azo groups is 1. The van der Waals surface area contributed by atoms with E-state index in [-0.39, 0.29) is 6.17 Å². The predicted octanol–water partition coefficient (Wildman–Crippen LogP) is 5.44. The first-order valence-electron chi connectivity index (χ1n) is 11.1. The molecule has 4 heterocycles. The fraction of sp³-hybridized carbons (Fsp3) is 0.154. The number of hydrogen-bond donors (Lipinski definition) is 1. The molecule has 1 atom stereocenters. The highest BCUT2D eigenvalue weighted by atomic mass is 16.5. The number of ether oxygens (including phenoxy) is 1. The molecule has 166 valence electrons. The molecule has 1 unspecified atom stereocenters. The molecular formula is C26H21N7O. The number of amidine groups is 1. The lowest BCUT2D eigenvalue weighted by Crippen LogP contribution is -2.01. The summed E-state index contributed by atoms with van der Waals surface area (Å²) in [6, 6.07) is 17.9. The summed E-state index contributed by atoms with van der Waals surface area (Å²) in [4.78, 5) is 18.0. The number of nitrogens with zero attached hydrogens (tertiary/aromatic N) is 6. The van der Waals surface area contributed by atoms with Crippen LogP contribution in [0.5, 0.6) is 5.75 Å². The fourth-order valence-corrected chi connectivity index (χ4v) is 4.03. The van der Waals surface area contributed by atoms with Crippen LogP contribution >= 0.6 is 0 Å². The van der Waals surface area contributed by atoms with E-state index in [1.807, 2.05) is 55.5 Å². The Labute approximate surface area is 196 Å². The molecule has 4 aromatic rings. The lowest BCUT2D eigenvalue weighted by Gasteiger charge is -2.12. The maximum absolute atomic E-state index is 5.60. The first-order chi connectivity index (χ1) is 16.7. The number of fused-ring (bicyclic) bond motifs is 1. The zero-order valence-corrected chi connectivity index (χ0v) is 18.5. The summed E-state index contributed by atoms with van der Waals surface area (Å²) in [5.74, 6) is 2.10. The normalized spacial score (nSPS) is 16.1. The van der Waals surface area contributed by atoms with Gasteiger partial charge in [-0.3, -0.25) is 4.98 Å². The molecule has 34 heavy (non-hydrogen) atoms. The van der Waals surface area contributed by atoms with E-state index < -0.39 is 0 Å². The molecule has 0 fully saturated rings. The van der Waals surface area contributed by atoms with Crippen molar-refractivity contribution >= 4 is 17.5 Å². The highest BCUT2D eigenvalue weighted by Crippen LogP contribution is 2.32. The molecule has 0 spiro atoms. The number of aryl methyl sites for hydroxylation is 1. The van der Waals surface area contributed by atoms with Gasteiger partial charge in [0, 0.05) is 47.4 Å². The van der Waals surface area contributed by atoms with Crippen LogP contribution in [0, 0.1) is 6.92 Å². The Morgan fingerprint density at radius 2 is 1.97 bits per heavy atom. The van der Waals surface area contributed by atoms with Gasteiger partial charge in [0.2, 0.25) is 5.95 Å². The Bertz CT molecular complexity index is 1430. The maximum Gasteiger partial charge on any atom is 0.227 e. The van der Waals surface area contributed by atoms with Crippen LogP contribution < -0.4 is 10.1 Å². The van der Waals surface area contributed by atoms with Crippen LogP contribution in [0.3, 0.4) is 0 Å². The molecule has 0 saturated heterocycles. The molecule has 8 heteroatoms. The lowest BCUT2D eigenvalue weighted by molar-refractivity contribution is 0.357. The second-order valence-corrected chi connectivity index (χ2v) is 8.17. The van der Waals surface area contributed by atoms with Gasteiger partial charge in [0.15, 0.2) is 12.0 Å². The number of aliphatic imine (C=N–C) groups is 1. The van der Waals surface area contributed by atoms with Crippen molar-refractivity contribution in [2.45, 2.75) is 19.5 Å². The zero-order valence-electron chi connectivity index (χ0n) is 18.5. The van der Waals surface area contributed by atoms with Crippen molar-refractivity contribution < 1.29 is 4.74 Å². The van der Waals surface area contributed by atoms with Gasteiger partial charge in [0.05, 0.1) is 12.3 Å². The minimum Gasteiger partial charge on any atom is -0.493 e. The van der Waals surface area contributed by atoms with Gasteiger partial charge < -0.3 is 10.1 Å². The Balaban J connectivity index is 1.25. The maximum atomic E-state index is 5.60. The molecule has 2 aromatic carbocycles. The molecule has 1 N–H and O–H groups in total. The van der Waals surface area contributed by atoms with Crippen molar-refractivity contribution in [3.63, 3.8) is 0 Å². The van der Waals surface area contributed by atoms with E-state index in [0.717, 1.165) is 52.4 Å².